The molecule has 0 aromatic heterocycles. The third-order valence-electron chi connectivity index (χ3n) is 33.7. The van der Waals surface area contributed by atoms with Crippen LogP contribution in [0.2, 0.25) is 0 Å². The van der Waals surface area contributed by atoms with E-state index in [1.54, 1.807) is 79.8 Å². The number of aliphatic hydroxyl groups is 4. The molecule has 10 aliphatic heterocycles. The van der Waals surface area contributed by atoms with Crippen LogP contribution in [0.1, 0.15) is 269 Å². The number of aliphatic hydroxyl groups excluding tert-OH is 4. The zero-order valence-electron chi connectivity index (χ0n) is 82.0. The highest BCUT2D eigenvalue weighted by Crippen LogP contribution is 2.74. The second-order valence-corrected chi connectivity index (χ2v) is 42.1. The van der Waals surface area contributed by atoms with Gasteiger partial charge in [0.25, 0.3) is 0 Å². The lowest BCUT2D eigenvalue weighted by atomic mass is 9.67. The van der Waals surface area contributed by atoms with Gasteiger partial charge < -0.3 is 91.1 Å². The van der Waals surface area contributed by atoms with Crippen LogP contribution in [0, 0.1) is 118 Å². The molecule has 0 radical (unpaired) electrons. The lowest BCUT2D eigenvalue weighted by molar-refractivity contribution is 0.0975. The van der Waals surface area contributed by atoms with Gasteiger partial charge in [-0.25, -0.2) is 4.79 Å². The number of aryl methyl sites for hydroxylation is 4. The standard InChI is InChI=1S/C32H26N2O7.2C30H23NO5.C29H22N2O5/c1-4-40-30(39)34-14-17-11-19-20(12-18(17)15-34)29(38)26-25(28(19)37)22(35)13-21-27(26)33-23-9-7-5-6-8-10-24(36)32(21)31(23,41-32)16(2)3;2*1-15(2)29-22-10-5-3-4-6-11-23(33)30(29,36-29)20-14-21(32)24-25(26(20)31-22)28(35)19-13-17-9-7-8-16(17)12-18(19)27(24)34;1-14(2)28-21-7-5-3-4-6-8-22(33)29(28,36-28)19-11-20(32)23-24(25(19)31-21)27(35)18-10-16-13-30-12-15(16)9-17(18)26(23)34/h5-6,11-13,16,23-24,33,35-36H,4,14-15H2,1-3H3;2*3-4,12-15,22-23,31-33H,7-9H2,1-2H3;3-4,9-11,14,21-22,30-33H,12-13H2,1-2H3/b6-5-;3*4-3-/t23-,24+,31-,32-;2*22-,23+,29-,30-;21-,22+,28-,29-/m0000/s1. The first-order valence-corrected chi connectivity index (χ1v) is 50.1. The number of carbonyl (C=O) groups is 9. The van der Waals surface area contributed by atoms with Crippen LogP contribution >= 0.6 is 0 Å². The fraction of sp³-hybridized carbons (Fsp3) is 0.331. The van der Waals surface area contributed by atoms with Gasteiger partial charge in [0.1, 0.15) is 69.6 Å². The van der Waals surface area contributed by atoms with Crippen molar-refractivity contribution in [2.45, 2.75) is 220 Å². The minimum Gasteiger partial charge on any atom is -0.507 e. The number of rotatable bonds is 5. The Morgan fingerprint density at radius 3 is 0.772 bits per heavy atom. The molecule has 10 aliphatic carbocycles. The van der Waals surface area contributed by atoms with Gasteiger partial charge in [0.05, 0.1) is 73.9 Å². The number of nitrogens with one attached hydrogen (secondary N) is 5. The van der Waals surface area contributed by atoms with Crippen LogP contribution in [0.25, 0.3) is 0 Å². The average Bonchev–Trinajstić information content (AvgIpc) is 1.49. The maximum atomic E-state index is 14.2. The van der Waals surface area contributed by atoms with E-state index in [1.807, 2.05) is 79.7 Å². The first-order valence-electron chi connectivity index (χ1n) is 50.1. The number of aromatic hydroxyl groups is 4. The zero-order valence-corrected chi connectivity index (χ0v) is 82.0. The summed E-state index contributed by atoms with van der Waals surface area (Å²) in [6, 6.07) is 17.4. The largest absolute Gasteiger partial charge is 0.507 e. The number of ketones is 8. The minimum atomic E-state index is -1.38. The monoisotopic (exact) mass is 1980 g/mol. The summed E-state index contributed by atoms with van der Waals surface area (Å²) in [4.78, 5) is 125. The summed E-state index contributed by atoms with van der Waals surface area (Å²) in [5, 5.41) is 107. The van der Waals surface area contributed by atoms with Crippen LogP contribution in [-0.2, 0) is 98.0 Å². The SMILES string of the molecule is CC(C)[C@@]12O[C@]13c1cc(O)c4c(c1N[C@H]2C#C/C=C\C#C[C@H]3O)C(=O)c1cc2c(cc1C4=O)CCC2.CC(C)[C@@]12O[C@]13c1cc(O)c4c(c1N[C@H]2C#C/C=C\C#C[C@H]3O)C(=O)c1cc2c(cc1C4=O)CCC2.CC(C)[C@@]12O[C@]13c1cc(O)c4c(c1N[C@H]2C#C/C=C\C#C[C@H]3O)C(=O)c1cc2c(cc1C4=O)CNC2.CCOC(=O)N1Cc2cc3c(cc2C1)C(=O)c1c2c(cc(O)c1C3=O)[C@@]13O[C@@]1(C(C)C)[C@H](C#C/C=C\C#C[C@H]3O)N2. The topological polar surface area (TPSA) is 438 Å². The van der Waals surface area contributed by atoms with Gasteiger partial charge in [-0.2, -0.15) is 0 Å². The fourth-order valence-corrected chi connectivity index (χ4v) is 26.9. The van der Waals surface area contributed by atoms with E-state index in [0.717, 1.165) is 83.0 Å². The van der Waals surface area contributed by atoms with Gasteiger partial charge in [0.2, 0.25) is 0 Å². The average molecular weight is 1980 g/mol. The molecule has 16 atom stereocenters. The molecule has 740 valence electrons. The molecule has 28 rings (SSSR count). The number of carbonyl (C=O) groups excluding carboxylic acids is 9. The quantitative estimate of drug-likeness (QED) is 0.0432. The predicted octanol–water partition coefficient (Wildman–Crippen LogP) is 11.1. The Bertz CT molecular complexity index is 7930. The summed E-state index contributed by atoms with van der Waals surface area (Å²) in [5.74, 6) is 42.3. The van der Waals surface area contributed by atoms with Gasteiger partial charge in [0.15, 0.2) is 93.1 Å². The third-order valence-corrected chi connectivity index (χ3v) is 33.7. The highest BCUT2D eigenvalue weighted by molar-refractivity contribution is 6.35. The molecule has 149 heavy (non-hydrogen) atoms. The number of hydrogen-bond acceptors (Lipinski definition) is 27. The molecular weight excluding hydrogens is 1890 g/mol. The Balaban J connectivity index is 0.000000103. The molecular formula is C121H94N6O22. The molecule has 20 aliphatic rings. The predicted molar refractivity (Wildman–Crippen MR) is 540 cm³/mol. The number of fused-ring (bicyclic) bond motifs is 20. The van der Waals surface area contributed by atoms with Crippen LogP contribution in [-0.4, -0.2) is 176 Å². The van der Waals surface area contributed by atoms with E-state index in [0.29, 0.717) is 80.2 Å². The van der Waals surface area contributed by atoms with Crippen LogP contribution in [0.5, 0.6) is 23.0 Å². The number of ether oxygens (including phenoxy) is 5. The summed E-state index contributed by atoms with van der Waals surface area (Å²) in [6.45, 7) is 19.5. The van der Waals surface area contributed by atoms with Crippen molar-refractivity contribution in [3.63, 3.8) is 0 Å². The Morgan fingerprint density at radius 2 is 0.544 bits per heavy atom. The van der Waals surface area contributed by atoms with Gasteiger partial charge in [-0.3, -0.25) is 43.3 Å². The first-order chi connectivity index (χ1) is 71.6. The van der Waals surface area contributed by atoms with Gasteiger partial charge in [-0.15, -0.1) is 0 Å². The van der Waals surface area contributed by atoms with E-state index in [-0.39, 0.29) is 162 Å². The smallest absolute Gasteiger partial charge is 0.410 e. The van der Waals surface area contributed by atoms with Crippen LogP contribution in [0.4, 0.5) is 27.5 Å². The molecule has 8 bridgehead atoms. The number of phenols is 4. The number of phenolic OH excluding ortho intramolecular Hbond substituents is 4. The van der Waals surface area contributed by atoms with Crippen molar-refractivity contribution in [2.24, 2.45) is 23.7 Å². The number of nitrogens with zero attached hydrogens (tertiary/aromatic N) is 1. The van der Waals surface area contributed by atoms with E-state index >= 15 is 0 Å². The maximum absolute atomic E-state index is 14.2. The fourth-order valence-electron chi connectivity index (χ4n) is 26.9. The molecule has 4 saturated heterocycles. The minimum absolute atomic E-state index is 0.00416. The second-order valence-electron chi connectivity index (χ2n) is 42.1. The number of allylic oxidation sites excluding steroid dienone is 8. The lowest BCUT2D eigenvalue weighted by Gasteiger charge is -2.38. The lowest BCUT2D eigenvalue weighted by Crippen LogP contribution is -2.52. The van der Waals surface area contributed by atoms with Gasteiger partial charge in [-0.1, -0.05) is 150 Å². The Morgan fingerprint density at radius 1 is 0.329 bits per heavy atom. The molecule has 8 aromatic carbocycles. The van der Waals surface area contributed by atoms with Gasteiger partial charge in [-0.05, 0) is 235 Å². The molecule has 1 amide bonds. The molecule has 13 N–H and O–H groups in total. The normalized spacial score (nSPS) is 30.1. The molecule has 0 saturated carbocycles. The van der Waals surface area contributed by atoms with Crippen molar-refractivity contribution in [1.29, 1.82) is 0 Å². The number of hydrogen-bond donors (Lipinski definition) is 13. The summed E-state index contributed by atoms with van der Waals surface area (Å²) in [5.41, 5.74) is 3.97. The van der Waals surface area contributed by atoms with Crippen molar-refractivity contribution in [2.75, 3.05) is 27.9 Å². The van der Waals surface area contributed by atoms with Crippen molar-refractivity contribution < 1.29 is 108 Å². The number of benzene rings is 8. The van der Waals surface area contributed by atoms with Gasteiger partial charge in [0, 0.05) is 92.9 Å². The molecule has 8 aromatic rings. The summed E-state index contributed by atoms with van der Waals surface area (Å²) >= 11 is 0. The maximum Gasteiger partial charge on any atom is 0.410 e. The third kappa shape index (κ3) is 12.3. The van der Waals surface area contributed by atoms with Crippen molar-refractivity contribution in [3.05, 3.63) is 277 Å². The van der Waals surface area contributed by atoms with E-state index in [9.17, 15) is 84.0 Å². The number of epoxide rings is 4. The Kier molecular flexibility index (Phi) is 20.6. The Hall–Kier alpha value is -16.1. The Labute approximate surface area is 854 Å². The van der Waals surface area contributed by atoms with Crippen molar-refractivity contribution in [3.8, 4) is 118 Å². The molecule has 0 spiro atoms. The summed E-state index contributed by atoms with van der Waals surface area (Å²) < 4.78 is 30.9. The van der Waals surface area contributed by atoms with Crippen LogP contribution in [0.15, 0.2) is 121 Å². The highest BCUT2D eigenvalue weighted by atomic mass is 16.7. The molecule has 10 heterocycles. The molecule has 4 fully saturated rings. The van der Waals surface area contributed by atoms with Crippen LogP contribution < -0.4 is 26.6 Å². The van der Waals surface area contributed by atoms with E-state index < -0.39 is 117 Å². The first kappa shape index (κ1) is 93.9. The molecule has 28 nitrogen and oxygen atoms in total. The van der Waals surface area contributed by atoms with E-state index in [1.165, 1.54) is 29.2 Å². The van der Waals surface area contributed by atoms with E-state index in [2.05, 4.69) is 121 Å². The molecule has 0 unspecified atom stereocenters. The second kappa shape index (κ2) is 32.7. The van der Waals surface area contributed by atoms with Crippen molar-refractivity contribution >= 4 is 75.1 Å². The summed E-state index contributed by atoms with van der Waals surface area (Å²) in [6.07, 6.45) is 12.6. The van der Waals surface area contributed by atoms with Crippen molar-refractivity contribution in [1.82, 2.24) is 10.2 Å². The van der Waals surface area contributed by atoms with Crippen LogP contribution in [0.3, 0.4) is 0 Å². The number of anilines is 4. The van der Waals surface area contributed by atoms with E-state index in [4.69, 9.17) is 23.7 Å². The van der Waals surface area contributed by atoms with Gasteiger partial charge >= 0.3 is 6.09 Å². The zero-order chi connectivity index (χ0) is 104. The molecule has 28 heteroatoms. The summed E-state index contributed by atoms with van der Waals surface area (Å²) in [7, 11) is 0. The number of amides is 1. The highest BCUT2D eigenvalue weighted by Gasteiger charge is 2.85.